The van der Waals surface area contributed by atoms with Gasteiger partial charge in [-0.1, -0.05) is 36.8 Å². The van der Waals surface area contributed by atoms with Gasteiger partial charge in [-0.25, -0.2) is 8.42 Å². The Morgan fingerprint density at radius 3 is 2.10 bits per heavy atom. The number of nitrogen functional groups attached to an aromatic ring is 1. The van der Waals surface area contributed by atoms with Crippen molar-refractivity contribution < 1.29 is 8.42 Å². The van der Waals surface area contributed by atoms with Gasteiger partial charge in [0.15, 0.2) is 0 Å². The fraction of sp³-hybridized carbons (Fsp3) is 0.250. The van der Waals surface area contributed by atoms with Crippen molar-refractivity contribution in [3.05, 3.63) is 59.7 Å². The number of aryl methyl sites for hydroxylation is 1. The lowest BCUT2D eigenvalue weighted by Gasteiger charge is -2.20. The lowest BCUT2D eigenvalue weighted by molar-refractivity contribution is 0.423. The summed E-state index contributed by atoms with van der Waals surface area (Å²) in [6.07, 6.45) is 0. The van der Waals surface area contributed by atoms with E-state index in [0.29, 0.717) is 23.7 Å². The topological polar surface area (TPSA) is 63.4 Å². The largest absolute Gasteiger partial charge is 0.399 e. The number of sulfonamides is 1. The third-order valence-electron chi connectivity index (χ3n) is 3.35. The average Bonchev–Trinajstić information content (AvgIpc) is 2.47. The predicted octanol–water partition coefficient (Wildman–Crippen LogP) is 2.79. The van der Waals surface area contributed by atoms with Crippen LogP contribution in [0.4, 0.5) is 5.69 Å². The van der Waals surface area contributed by atoms with E-state index in [-0.39, 0.29) is 0 Å². The van der Waals surface area contributed by atoms with E-state index < -0.39 is 10.0 Å². The Kier molecular flexibility index (Phi) is 4.65. The van der Waals surface area contributed by atoms with Crippen molar-refractivity contribution in [1.29, 1.82) is 0 Å². The summed E-state index contributed by atoms with van der Waals surface area (Å²) in [5.74, 6) is 0. The van der Waals surface area contributed by atoms with Crippen LogP contribution in [0.15, 0.2) is 53.4 Å². The van der Waals surface area contributed by atoms with Gasteiger partial charge < -0.3 is 5.73 Å². The smallest absolute Gasteiger partial charge is 0.243 e. The molecule has 0 spiro atoms. The molecule has 0 unspecified atom stereocenters. The van der Waals surface area contributed by atoms with Crippen molar-refractivity contribution in [3.8, 4) is 0 Å². The molecule has 21 heavy (non-hydrogen) atoms. The second-order valence-electron chi connectivity index (χ2n) is 4.99. The van der Waals surface area contributed by atoms with Crippen LogP contribution in [0.2, 0.25) is 0 Å². The van der Waals surface area contributed by atoms with Crippen LogP contribution >= 0.6 is 0 Å². The number of hydrogen-bond donors (Lipinski definition) is 1. The summed E-state index contributed by atoms with van der Waals surface area (Å²) in [6, 6.07) is 14.2. The van der Waals surface area contributed by atoms with E-state index in [4.69, 9.17) is 5.73 Å². The molecular formula is C16H20N2O2S. The van der Waals surface area contributed by atoms with Crippen molar-refractivity contribution in [2.45, 2.75) is 25.3 Å². The first-order valence-electron chi connectivity index (χ1n) is 6.84. The van der Waals surface area contributed by atoms with E-state index in [9.17, 15) is 8.42 Å². The maximum Gasteiger partial charge on any atom is 0.243 e. The van der Waals surface area contributed by atoms with Crippen molar-refractivity contribution >= 4 is 15.7 Å². The number of hydrogen-bond acceptors (Lipinski definition) is 3. The maximum atomic E-state index is 12.6. The lowest BCUT2D eigenvalue weighted by atomic mass is 10.2. The van der Waals surface area contributed by atoms with E-state index in [2.05, 4.69) is 0 Å². The molecule has 0 bridgehead atoms. The highest BCUT2D eigenvalue weighted by atomic mass is 32.2. The molecule has 0 radical (unpaired) electrons. The van der Waals surface area contributed by atoms with Gasteiger partial charge in [0.2, 0.25) is 10.0 Å². The first-order chi connectivity index (χ1) is 9.93. The van der Waals surface area contributed by atoms with Crippen molar-refractivity contribution in [2.24, 2.45) is 0 Å². The fourth-order valence-corrected chi connectivity index (χ4v) is 3.49. The van der Waals surface area contributed by atoms with Crippen molar-refractivity contribution in [3.63, 3.8) is 0 Å². The van der Waals surface area contributed by atoms with E-state index >= 15 is 0 Å². The Labute approximate surface area is 126 Å². The Balaban J connectivity index is 2.27. The second-order valence-corrected chi connectivity index (χ2v) is 6.92. The number of nitrogens with zero attached hydrogens (tertiary/aromatic N) is 1. The van der Waals surface area contributed by atoms with Gasteiger partial charge in [-0.15, -0.1) is 0 Å². The number of nitrogens with two attached hydrogens (primary N) is 1. The summed E-state index contributed by atoms with van der Waals surface area (Å²) in [5.41, 5.74) is 8.27. The highest BCUT2D eigenvalue weighted by Crippen LogP contribution is 2.19. The molecule has 2 aromatic carbocycles. The van der Waals surface area contributed by atoms with Crippen LogP contribution in [0.5, 0.6) is 0 Å². The first kappa shape index (κ1) is 15.5. The summed E-state index contributed by atoms with van der Waals surface area (Å²) in [6.45, 7) is 4.53. The van der Waals surface area contributed by atoms with Gasteiger partial charge in [0.05, 0.1) is 4.90 Å². The molecule has 4 nitrogen and oxygen atoms in total. The molecule has 2 N–H and O–H groups in total. The van der Waals surface area contributed by atoms with Gasteiger partial charge in [0, 0.05) is 18.8 Å². The number of anilines is 1. The molecule has 0 saturated carbocycles. The normalized spacial score (nSPS) is 11.8. The third kappa shape index (κ3) is 3.62. The molecule has 0 aliphatic heterocycles. The van der Waals surface area contributed by atoms with E-state index in [1.165, 1.54) is 4.31 Å². The predicted molar refractivity (Wildman–Crippen MR) is 85.3 cm³/mol. The molecule has 0 fully saturated rings. The molecule has 0 saturated heterocycles. The van der Waals surface area contributed by atoms with Crippen LogP contribution < -0.4 is 5.73 Å². The highest BCUT2D eigenvalue weighted by molar-refractivity contribution is 7.89. The highest BCUT2D eigenvalue weighted by Gasteiger charge is 2.22. The zero-order valence-electron chi connectivity index (χ0n) is 12.3. The second kappa shape index (κ2) is 6.28. The standard InChI is InChI=1S/C16H20N2O2S/c1-3-18(12-14-6-8-15(17)9-7-14)21(19,20)16-10-4-13(2)5-11-16/h4-11H,3,12,17H2,1-2H3. The molecule has 5 heteroatoms. The first-order valence-corrected chi connectivity index (χ1v) is 8.28. The molecule has 0 atom stereocenters. The van der Waals surface area contributed by atoms with Gasteiger partial charge in [-0.2, -0.15) is 4.31 Å². The minimum absolute atomic E-state index is 0.324. The zero-order chi connectivity index (χ0) is 15.5. The van der Waals surface area contributed by atoms with E-state index in [1.54, 1.807) is 24.3 Å². The van der Waals surface area contributed by atoms with Crippen LogP contribution in [0.1, 0.15) is 18.1 Å². The third-order valence-corrected chi connectivity index (χ3v) is 5.29. The van der Waals surface area contributed by atoms with Gasteiger partial charge in [0.1, 0.15) is 0 Å². The van der Waals surface area contributed by atoms with Gasteiger partial charge >= 0.3 is 0 Å². The van der Waals surface area contributed by atoms with Crippen LogP contribution in [-0.2, 0) is 16.6 Å². The summed E-state index contributed by atoms with van der Waals surface area (Å²) in [4.78, 5) is 0.324. The van der Waals surface area contributed by atoms with Crippen LogP contribution in [0.25, 0.3) is 0 Å². The maximum absolute atomic E-state index is 12.6. The molecular weight excluding hydrogens is 284 g/mol. The summed E-state index contributed by atoms with van der Waals surface area (Å²) in [5, 5.41) is 0. The van der Waals surface area contributed by atoms with Gasteiger partial charge in [-0.05, 0) is 36.8 Å². The molecule has 0 heterocycles. The van der Waals surface area contributed by atoms with Gasteiger partial charge in [-0.3, -0.25) is 0 Å². The minimum atomic E-state index is -3.47. The number of rotatable bonds is 5. The Morgan fingerprint density at radius 1 is 1.00 bits per heavy atom. The quantitative estimate of drug-likeness (QED) is 0.864. The Morgan fingerprint density at radius 2 is 1.57 bits per heavy atom. The fourth-order valence-electron chi connectivity index (χ4n) is 2.05. The zero-order valence-corrected chi connectivity index (χ0v) is 13.1. The molecule has 112 valence electrons. The SMILES string of the molecule is CCN(Cc1ccc(N)cc1)S(=O)(=O)c1ccc(C)cc1. The molecule has 0 aliphatic carbocycles. The molecule has 0 aliphatic rings. The Bertz CT molecular complexity index is 692. The van der Waals surface area contributed by atoms with Gasteiger partial charge in [0.25, 0.3) is 0 Å². The monoisotopic (exact) mass is 304 g/mol. The van der Waals surface area contributed by atoms with E-state index in [0.717, 1.165) is 11.1 Å². The van der Waals surface area contributed by atoms with Crippen molar-refractivity contribution in [2.75, 3.05) is 12.3 Å². The lowest BCUT2D eigenvalue weighted by Crippen LogP contribution is -2.30. The Hall–Kier alpha value is -1.85. The van der Waals surface area contributed by atoms with Crippen molar-refractivity contribution in [1.82, 2.24) is 4.31 Å². The molecule has 2 rings (SSSR count). The van der Waals surface area contributed by atoms with E-state index in [1.807, 2.05) is 38.1 Å². The van der Waals surface area contributed by atoms with Crippen LogP contribution in [0, 0.1) is 6.92 Å². The summed E-state index contributed by atoms with van der Waals surface area (Å²) in [7, 11) is -3.47. The molecule has 0 aromatic heterocycles. The summed E-state index contributed by atoms with van der Waals surface area (Å²) < 4.78 is 26.8. The molecule has 2 aromatic rings. The number of benzene rings is 2. The van der Waals surface area contributed by atoms with Crippen LogP contribution in [-0.4, -0.2) is 19.3 Å². The molecule has 0 amide bonds. The summed E-state index contributed by atoms with van der Waals surface area (Å²) >= 11 is 0. The minimum Gasteiger partial charge on any atom is -0.399 e. The average molecular weight is 304 g/mol. The van der Waals surface area contributed by atoms with Crippen LogP contribution in [0.3, 0.4) is 0 Å².